The van der Waals surface area contributed by atoms with Gasteiger partial charge in [-0.05, 0) is 35.9 Å². The van der Waals surface area contributed by atoms with Crippen molar-refractivity contribution < 1.29 is 32.1 Å². The van der Waals surface area contributed by atoms with Crippen LogP contribution in [0.2, 0.25) is 0 Å². The zero-order valence-electron chi connectivity index (χ0n) is 25.7. The minimum absolute atomic E-state index is 0.00145. The molecule has 0 amide bonds. The minimum Gasteiger partial charge on any atom is -0.435 e. The molecule has 2 atom stereocenters. The molecular weight excluding hydrogens is 647 g/mol. The highest BCUT2D eigenvalue weighted by Gasteiger charge is 2.45. The summed E-state index contributed by atoms with van der Waals surface area (Å²) >= 11 is 1.32. The van der Waals surface area contributed by atoms with Crippen LogP contribution in [0.1, 0.15) is 44.9 Å². The van der Waals surface area contributed by atoms with Gasteiger partial charge in [0.2, 0.25) is 0 Å². The van der Waals surface area contributed by atoms with Crippen molar-refractivity contribution in [3.63, 3.8) is 0 Å². The molecule has 0 aliphatic heterocycles. The van der Waals surface area contributed by atoms with Crippen LogP contribution in [-0.2, 0) is 37.3 Å². The van der Waals surface area contributed by atoms with E-state index in [9.17, 15) is 13.8 Å². The molecule has 0 N–H and O–H groups in total. The number of carbonyl (C=O) groups is 1. The summed E-state index contributed by atoms with van der Waals surface area (Å²) in [5.74, 6) is -3.02. The first kappa shape index (κ1) is 33.8. The molecular formula is C33H30F2N5O5PS. The maximum absolute atomic E-state index is 15.7. The predicted molar refractivity (Wildman–Crippen MR) is 171 cm³/mol. The smallest absolute Gasteiger partial charge is 0.340 e. The average molecular weight is 678 g/mol. The van der Waals surface area contributed by atoms with Crippen molar-refractivity contribution in [2.24, 2.45) is 0 Å². The summed E-state index contributed by atoms with van der Waals surface area (Å²) in [5.41, 5.74) is 1.26. The van der Waals surface area contributed by atoms with Gasteiger partial charge in [0.15, 0.2) is 14.2 Å². The number of nitriles is 1. The van der Waals surface area contributed by atoms with Gasteiger partial charge in [-0.1, -0.05) is 37.3 Å². The van der Waals surface area contributed by atoms with Crippen LogP contribution in [0.3, 0.4) is 0 Å². The van der Waals surface area contributed by atoms with Gasteiger partial charge in [0.1, 0.15) is 29.9 Å². The van der Waals surface area contributed by atoms with E-state index < -0.39 is 43.3 Å². The van der Waals surface area contributed by atoms with Crippen LogP contribution < -0.4 is 0 Å². The molecule has 47 heavy (non-hydrogen) atoms. The Bertz CT molecular complexity index is 1920. The summed E-state index contributed by atoms with van der Waals surface area (Å²) < 4.78 is 60.3. The Morgan fingerprint density at radius 1 is 1.11 bits per heavy atom. The number of hydrogen-bond donors (Lipinski definition) is 0. The summed E-state index contributed by atoms with van der Waals surface area (Å²) in [7, 11) is -2.67. The predicted octanol–water partition coefficient (Wildman–Crippen LogP) is 7.14. The molecule has 0 saturated heterocycles. The number of aromatic nitrogens is 4. The van der Waals surface area contributed by atoms with Crippen LogP contribution in [-0.4, -0.2) is 45.8 Å². The monoisotopic (exact) mass is 677 g/mol. The fraction of sp³-hybridized carbons (Fsp3) is 0.242. The highest BCUT2D eigenvalue weighted by Crippen LogP contribution is 2.44. The zero-order valence-corrected chi connectivity index (χ0v) is 27.4. The van der Waals surface area contributed by atoms with E-state index in [1.54, 1.807) is 55.5 Å². The first-order chi connectivity index (χ1) is 22.5. The lowest BCUT2D eigenvalue weighted by Crippen LogP contribution is -2.42. The second-order valence-corrected chi connectivity index (χ2v) is 14.7. The van der Waals surface area contributed by atoms with Crippen molar-refractivity contribution in [3.8, 4) is 17.3 Å². The molecule has 2 aromatic heterocycles. The van der Waals surface area contributed by atoms with Crippen LogP contribution in [0.15, 0.2) is 84.8 Å². The van der Waals surface area contributed by atoms with E-state index in [1.807, 2.05) is 5.38 Å². The van der Waals surface area contributed by atoms with Gasteiger partial charge >= 0.3 is 5.97 Å². The van der Waals surface area contributed by atoms with Gasteiger partial charge in [-0.15, -0.1) is 11.3 Å². The van der Waals surface area contributed by atoms with Crippen molar-refractivity contribution in [1.29, 1.82) is 5.26 Å². The first-order valence-corrected chi connectivity index (χ1v) is 17.7. The van der Waals surface area contributed by atoms with Gasteiger partial charge in [0.05, 0.1) is 41.0 Å². The van der Waals surface area contributed by atoms with Crippen molar-refractivity contribution in [2.45, 2.75) is 31.6 Å². The van der Waals surface area contributed by atoms with Gasteiger partial charge in [0.25, 0.3) is 0 Å². The number of hydrogen-bond acceptors (Lipinski definition) is 10. The highest BCUT2D eigenvalue weighted by molar-refractivity contribution is 7.57. The summed E-state index contributed by atoms with van der Waals surface area (Å²) in [6.45, 7) is 4.26. The zero-order chi connectivity index (χ0) is 33.6. The summed E-state index contributed by atoms with van der Waals surface area (Å²) in [6.07, 6.45) is 2.75. The third-order valence-electron chi connectivity index (χ3n) is 7.39. The molecule has 5 aromatic rings. The first-order valence-electron chi connectivity index (χ1n) is 14.3. The molecule has 3 aromatic carbocycles. The molecule has 14 heteroatoms. The van der Waals surface area contributed by atoms with Crippen LogP contribution in [0, 0.1) is 23.0 Å². The molecule has 0 fully saturated rings. The molecule has 0 saturated carbocycles. The third kappa shape index (κ3) is 8.22. The minimum atomic E-state index is -2.67. The van der Waals surface area contributed by atoms with Crippen LogP contribution in [0.25, 0.3) is 11.3 Å². The molecule has 5 rings (SSSR count). The van der Waals surface area contributed by atoms with E-state index in [0.29, 0.717) is 16.3 Å². The molecule has 0 spiro atoms. The Hall–Kier alpha value is -4.60. The van der Waals surface area contributed by atoms with E-state index in [-0.39, 0.29) is 24.3 Å². The summed E-state index contributed by atoms with van der Waals surface area (Å²) in [5, 5.41) is 15.7. The van der Waals surface area contributed by atoms with Gasteiger partial charge in [-0.2, -0.15) is 10.4 Å². The Morgan fingerprint density at radius 3 is 2.49 bits per heavy atom. The SMILES string of the molecule is CC(c1nc(-c2ccc(C#N)cc2)cs1)C(Cn1cncn1)(OCOC(=O)c1ccc(COP(C)(C)=O)cc1)c1ccc(F)cc1F. The molecule has 0 aliphatic rings. The second kappa shape index (κ2) is 14.4. The molecule has 0 radical (unpaired) electrons. The lowest BCUT2D eigenvalue weighted by Gasteiger charge is -2.38. The van der Waals surface area contributed by atoms with E-state index >= 15 is 4.39 Å². The van der Waals surface area contributed by atoms with Crippen LogP contribution in [0.4, 0.5) is 8.78 Å². The van der Waals surface area contributed by atoms with Crippen LogP contribution in [0.5, 0.6) is 0 Å². The summed E-state index contributed by atoms with van der Waals surface area (Å²) in [6, 6.07) is 18.6. The molecule has 0 aliphatic carbocycles. The Balaban J connectivity index is 1.45. The van der Waals surface area contributed by atoms with Gasteiger partial charge in [-0.3, -0.25) is 4.57 Å². The molecule has 2 unspecified atom stereocenters. The highest BCUT2D eigenvalue weighted by atomic mass is 32.1. The fourth-order valence-corrected chi connectivity index (χ4v) is 6.29. The lowest BCUT2D eigenvalue weighted by molar-refractivity contribution is -0.148. The fourth-order valence-electron chi connectivity index (χ4n) is 4.86. The maximum Gasteiger partial charge on any atom is 0.340 e. The number of esters is 1. The number of halogens is 2. The molecule has 2 heterocycles. The van der Waals surface area contributed by atoms with Gasteiger partial charge in [-0.25, -0.2) is 28.2 Å². The molecule has 0 bridgehead atoms. The number of ether oxygens (including phenoxy) is 2. The number of thiazole rings is 1. The number of carbonyl (C=O) groups excluding carboxylic acids is 1. The van der Waals surface area contributed by atoms with E-state index in [0.717, 1.165) is 23.3 Å². The topological polar surface area (TPSA) is 129 Å². The average Bonchev–Trinajstić information content (AvgIpc) is 3.76. The second-order valence-electron chi connectivity index (χ2n) is 11.0. The third-order valence-corrected chi connectivity index (χ3v) is 9.17. The van der Waals surface area contributed by atoms with Crippen molar-refractivity contribution >= 4 is 24.7 Å². The quantitative estimate of drug-likeness (QED) is 0.0726. The van der Waals surface area contributed by atoms with Crippen molar-refractivity contribution in [3.05, 3.63) is 124 Å². The number of benzene rings is 3. The largest absolute Gasteiger partial charge is 0.435 e. The Kier molecular flexibility index (Phi) is 10.4. The van der Waals surface area contributed by atoms with Crippen molar-refractivity contribution in [2.75, 3.05) is 20.1 Å². The number of rotatable bonds is 13. The Morgan fingerprint density at radius 2 is 1.85 bits per heavy atom. The normalized spacial score (nSPS) is 13.4. The van der Waals surface area contributed by atoms with E-state index in [4.69, 9.17) is 24.2 Å². The van der Waals surface area contributed by atoms with Gasteiger partial charge in [0, 0.05) is 41.8 Å². The van der Waals surface area contributed by atoms with E-state index in [1.165, 1.54) is 48.1 Å². The standard InChI is InChI=1S/C33H30F2N5O5PS/c1-22(31-39-30(17-47-31)25-8-4-23(15-36)5-9-25)33(18-40-20-37-19-38-40,28-13-12-27(34)14-29(28)35)44-21-43-32(41)26-10-6-24(7-11-26)16-45-46(2,3)42/h4-14,17,19-20,22H,16,18,21H2,1-3H3. The molecule has 242 valence electrons. The van der Waals surface area contributed by atoms with Crippen molar-refractivity contribution in [1.82, 2.24) is 19.7 Å². The maximum atomic E-state index is 15.7. The lowest BCUT2D eigenvalue weighted by atomic mass is 9.81. The Labute approximate surface area is 274 Å². The van der Waals surface area contributed by atoms with E-state index in [2.05, 4.69) is 16.2 Å². The number of nitrogens with zero attached hydrogens (tertiary/aromatic N) is 5. The summed E-state index contributed by atoms with van der Waals surface area (Å²) in [4.78, 5) is 21.8. The van der Waals surface area contributed by atoms with Crippen LogP contribution >= 0.6 is 18.7 Å². The van der Waals surface area contributed by atoms with Gasteiger partial charge < -0.3 is 14.0 Å². The molecule has 10 nitrogen and oxygen atoms in total.